The summed E-state index contributed by atoms with van der Waals surface area (Å²) in [6, 6.07) is 0. The van der Waals surface area contributed by atoms with Crippen LogP contribution < -0.4 is 0 Å². The van der Waals surface area contributed by atoms with Crippen molar-refractivity contribution in [1.29, 1.82) is 0 Å². The zero-order valence-corrected chi connectivity index (χ0v) is 34.3. The molecule has 0 bridgehead atoms. The van der Waals surface area contributed by atoms with Gasteiger partial charge in [0.2, 0.25) is 0 Å². The van der Waals surface area contributed by atoms with Crippen LogP contribution in [-0.2, 0) is 18.9 Å². The molecule has 2 heterocycles. The Morgan fingerprint density at radius 2 is 1.33 bits per heavy atom. The van der Waals surface area contributed by atoms with Crippen molar-refractivity contribution in [2.24, 2.45) is 45.3 Å². The quantitative estimate of drug-likeness (QED) is 0.115. The van der Waals surface area contributed by atoms with E-state index in [0.717, 1.165) is 38.5 Å². The van der Waals surface area contributed by atoms with Crippen molar-refractivity contribution >= 4 is 0 Å². The first-order valence-corrected chi connectivity index (χ1v) is 20.9. The standard InChI is InChI=1S/C42H72O13/c1-21(2)10-9-14-42(8,51)22-11-16-41(7)29(22)23(45)18-27-39(5)15-13-28(38(3,4)26(39)12-17-40(27,41)6)54-37-35(33(49)31(47)25(20-44)53-37)55-36-34(50)32(48)30(46)24(19-43)52-36/h10,22-37,43-51H,9,11-20H2,1-8H3/t22-,23+,24+,25+,26-,27+,28-,29-,30+,31+,32-,33-,34-,35+,36?,37?,39-,40?,41+,42-/m0/s1. The van der Waals surface area contributed by atoms with Crippen LogP contribution in [0.2, 0.25) is 0 Å². The van der Waals surface area contributed by atoms with Crippen molar-refractivity contribution in [3.8, 4) is 0 Å². The minimum absolute atomic E-state index is 0.00798. The summed E-state index contributed by atoms with van der Waals surface area (Å²) in [5.41, 5.74) is -0.405. The topological polar surface area (TPSA) is 219 Å². The molecule has 0 amide bonds. The molecule has 20 atom stereocenters. The van der Waals surface area contributed by atoms with E-state index in [1.807, 2.05) is 6.92 Å². The van der Waals surface area contributed by atoms with Gasteiger partial charge >= 0.3 is 0 Å². The van der Waals surface area contributed by atoms with E-state index in [1.54, 1.807) is 0 Å². The Morgan fingerprint density at radius 1 is 0.727 bits per heavy atom. The minimum Gasteiger partial charge on any atom is -0.394 e. The van der Waals surface area contributed by atoms with Gasteiger partial charge in [0.05, 0.1) is 31.0 Å². The second-order valence-corrected chi connectivity index (χ2v) is 20.1. The van der Waals surface area contributed by atoms with Gasteiger partial charge in [0, 0.05) is 0 Å². The number of aliphatic hydroxyl groups excluding tert-OH is 8. The molecule has 9 N–H and O–H groups in total. The fraction of sp³-hybridized carbons (Fsp3) is 0.952. The van der Waals surface area contributed by atoms with Gasteiger partial charge in [-0.2, -0.15) is 0 Å². The maximum atomic E-state index is 12.2. The van der Waals surface area contributed by atoms with E-state index >= 15 is 0 Å². The molecule has 0 aromatic carbocycles. The lowest BCUT2D eigenvalue weighted by molar-refractivity contribution is -0.378. The van der Waals surface area contributed by atoms with E-state index in [-0.39, 0.29) is 39.9 Å². The summed E-state index contributed by atoms with van der Waals surface area (Å²) in [6.07, 6.45) is -6.48. The first kappa shape index (κ1) is 43.8. The normalized spacial score (nSPS) is 52.0. The van der Waals surface area contributed by atoms with Gasteiger partial charge in [0.25, 0.3) is 0 Å². The molecule has 6 rings (SSSR count). The maximum Gasteiger partial charge on any atom is 0.187 e. The molecule has 4 saturated carbocycles. The van der Waals surface area contributed by atoms with E-state index < -0.39 is 97.8 Å². The summed E-state index contributed by atoms with van der Waals surface area (Å²) in [4.78, 5) is 0. The summed E-state index contributed by atoms with van der Waals surface area (Å²) in [5.74, 6) is 0.445. The Hall–Kier alpha value is -0.780. The highest BCUT2D eigenvalue weighted by molar-refractivity contribution is 5.20. The molecule has 6 aliphatic rings. The maximum absolute atomic E-state index is 12.2. The number of aliphatic hydroxyl groups is 9. The average Bonchev–Trinajstić information content (AvgIpc) is 3.50. The van der Waals surface area contributed by atoms with Crippen LogP contribution in [0, 0.1) is 45.3 Å². The van der Waals surface area contributed by atoms with Gasteiger partial charge in [0.15, 0.2) is 12.6 Å². The third-order valence-electron chi connectivity index (χ3n) is 16.6. The van der Waals surface area contributed by atoms with E-state index in [4.69, 9.17) is 18.9 Å². The first-order chi connectivity index (χ1) is 25.6. The highest BCUT2D eigenvalue weighted by atomic mass is 16.8. The van der Waals surface area contributed by atoms with Crippen molar-refractivity contribution in [2.45, 2.75) is 192 Å². The highest BCUT2D eigenvalue weighted by Crippen LogP contribution is 2.76. The smallest absolute Gasteiger partial charge is 0.187 e. The predicted molar refractivity (Wildman–Crippen MR) is 201 cm³/mol. The lowest BCUT2D eigenvalue weighted by Gasteiger charge is -2.70. The first-order valence-electron chi connectivity index (χ1n) is 20.9. The van der Waals surface area contributed by atoms with Crippen molar-refractivity contribution < 1.29 is 64.9 Å². The van der Waals surface area contributed by atoms with Crippen LogP contribution in [0.3, 0.4) is 0 Å². The molecular formula is C42H72O13. The molecule has 13 nitrogen and oxygen atoms in total. The van der Waals surface area contributed by atoms with Gasteiger partial charge in [0.1, 0.15) is 48.8 Å². The van der Waals surface area contributed by atoms with Crippen LogP contribution in [0.1, 0.15) is 113 Å². The number of fused-ring (bicyclic) bond motifs is 5. The molecule has 2 aliphatic heterocycles. The van der Waals surface area contributed by atoms with Gasteiger partial charge in [-0.15, -0.1) is 0 Å². The molecule has 13 heteroatoms. The van der Waals surface area contributed by atoms with E-state index in [2.05, 4.69) is 54.5 Å². The lowest BCUT2D eigenvalue weighted by Crippen LogP contribution is -2.68. The number of hydrogen-bond acceptors (Lipinski definition) is 13. The monoisotopic (exact) mass is 784 g/mol. The summed E-state index contributed by atoms with van der Waals surface area (Å²) in [7, 11) is 0. The molecule has 4 aliphatic carbocycles. The molecule has 3 unspecified atom stereocenters. The second kappa shape index (κ2) is 15.7. The summed E-state index contributed by atoms with van der Waals surface area (Å²) in [6.45, 7) is 16.5. The Balaban J connectivity index is 1.23. The Morgan fingerprint density at radius 3 is 1.95 bits per heavy atom. The van der Waals surface area contributed by atoms with Gasteiger partial charge in [-0.3, -0.25) is 0 Å². The molecule has 2 saturated heterocycles. The fourth-order valence-electron chi connectivity index (χ4n) is 13.3. The molecule has 0 radical (unpaired) electrons. The van der Waals surface area contributed by atoms with Crippen molar-refractivity contribution in [2.75, 3.05) is 13.2 Å². The fourth-order valence-corrected chi connectivity index (χ4v) is 13.3. The highest BCUT2D eigenvalue weighted by Gasteiger charge is 2.71. The summed E-state index contributed by atoms with van der Waals surface area (Å²) < 4.78 is 24.4. The average molecular weight is 785 g/mol. The Kier molecular flexibility index (Phi) is 12.5. The summed E-state index contributed by atoms with van der Waals surface area (Å²) in [5, 5.41) is 97.4. The largest absolute Gasteiger partial charge is 0.394 e. The van der Waals surface area contributed by atoms with Crippen LogP contribution in [0.4, 0.5) is 0 Å². The van der Waals surface area contributed by atoms with Crippen LogP contribution in [0.15, 0.2) is 11.6 Å². The molecule has 0 aromatic rings. The Labute approximate surface area is 327 Å². The molecule has 6 fully saturated rings. The van der Waals surface area contributed by atoms with Gasteiger partial charge in [-0.05, 0) is 124 Å². The van der Waals surface area contributed by atoms with E-state index in [1.165, 1.54) is 5.57 Å². The molecule has 0 aromatic heterocycles. The second-order valence-electron chi connectivity index (χ2n) is 20.1. The molecule has 318 valence electrons. The zero-order valence-electron chi connectivity index (χ0n) is 34.3. The van der Waals surface area contributed by atoms with Gasteiger partial charge in [-0.1, -0.05) is 46.3 Å². The molecule has 0 spiro atoms. The predicted octanol–water partition coefficient (Wildman–Crippen LogP) is 2.15. The van der Waals surface area contributed by atoms with Crippen LogP contribution >= 0.6 is 0 Å². The number of hydrogen-bond donors (Lipinski definition) is 9. The lowest BCUT2D eigenvalue weighted by atomic mass is 9.35. The summed E-state index contributed by atoms with van der Waals surface area (Å²) >= 11 is 0. The van der Waals surface area contributed by atoms with Crippen molar-refractivity contribution in [1.82, 2.24) is 0 Å². The van der Waals surface area contributed by atoms with Crippen molar-refractivity contribution in [3.05, 3.63) is 11.6 Å². The molecular weight excluding hydrogens is 712 g/mol. The zero-order chi connectivity index (χ0) is 40.6. The van der Waals surface area contributed by atoms with Crippen LogP contribution in [0.5, 0.6) is 0 Å². The molecule has 55 heavy (non-hydrogen) atoms. The number of rotatable bonds is 10. The van der Waals surface area contributed by atoms with Crippen LogP contribution in [-0.4, -0.2) is 138 Å². The SMILES string of the molecule is CC(C)=CCC[C@](C)(O)[C@H]1CC[C@]2(C)[C@@H]1[C@H](O)C[C@H]1C2(C)CC[C@H]2C(C)(C)[C@@H](OC3O[C@H](CO)[C@@H](O)[C@H](O)[C@H]3OC3O[C@H](CO)[C@@H](O)[C@H](O)[C@@H]3O)CC[C@@]21C. The number of ether oxygens (including phenoxy) is 4. The third kappa shape index (κ3) is 7.20. The van der Waals surface area contributed by atoms with Gasteiger partial charge < -0.3 is 64.9 Å². The number of allylic oxidation sites excluding steroid dienone is 2. The Bertz CT molecular complexity index is 1370. The van der Waals surface area contributed by atoms with Gasteiger partial charge in [-0.25, -0.2) is 0 Å². The van der Waals surface area contributed by atoms with Crippen LogP contribution in [0.25, 0.3) is 0 Å². The minimum atomic E-state index is -1.75. The van der Waals surface area contributed by atoms with E-state index in [9.17, 15) is 46.0 Å². The third-order valence-corrected chi connectivity index (χ3v) is 16.6. The van der Waals surface area contributed by atoms with E-state index in [0.29, 0.717) is 19.3 Å². The van der Waals surface area contributed by atoms with Crippen molar-refractivity contribution in [3.63, 3.8) is 0 Å².